The van der Waals surface area contributed by atoms with Crippen molar-refractivity contribution in [1.82, 2.24) is 9.55 Å². The second kappa shape index (κ2) is 4.89. The minimum atomic E-state index is -0.589. The topological polar surface area (TPSA) is 98.0 Å². The van der Waals surface area contributed by atoms with E-state index in [1.165, 1.54) is 16.8 Å². The molecule has 1 heterocycles. The van der Waals surface area contributed by atoms with Crippen LogP contribution < -0.4 is 11.2 Å². The van der Waals surface area contributed by atoms with Crippen molar-refractivity contribution < 1.29 is 4.92 Å². The van der Waals surface area contributed by atoms with Crippen LogP contribution in [-0.4, -0.2) is 14.5 Å². The second-order valence-electron chi connectivity index (χ2n) is 4.09. The van der Waals surface area contributed by atoms with Crippen LogP contribution in [0, 0.1) is 17.0 Å². The predicted molar refractivity (Wildman–Crippen MR) is 68.3 cm³/mol. The average molecular weight is 261 g/mol. The molecule has 2 aromatic rings. The van der Waals surface area contributed by atoms with E-state index in [4.69, 9.17) is 0 Å². The van der Waals surface area contributed by atoms with Crippen molar-refractivity contribution in [3.63, 3.8) is 0 Å². The Morgan fingerprint density at radius 2 is 2.00 bits per heavy atom. The molecule has 0 amide bonds. The largest absolute Gasteiger partial charge is 0.328 e. The van der Waals surface area contributed by atoms with Gasteiger partial charge in [-0.05, 0) is 6.92 Å². The molecule has 7 nitrogen and oxygen atoms in total. The molecule has 0 fully saturated rings. The summed E-state index contributed by atoms with van der Waals surface area (Å²) in [6.07, 6.45) is 1.39. The van der Waals surface area contributed by atoms with E-state index >= 15 is 0 Å². The molecule has 0 saturated carbocycles. The van der Waals surface area contributed by atoms with Gasteiger partial charge < -0.3 is 0 Å². The average Bonchev–Trinajstić information content (AvgIpc) is 2.36. The molecule has 0 unspecified atom stereocenters. The van der Waals surface area contributed by atoms with E-state index in [1.807, 2.05) is 0 Å². The van der Waals surface area contributed by atoms with Gasteiger partial charge in [0.05, 0.1) is 11.5 Å². The Labute approximate surface area is 107 Å². The highest BCUT2D eigenvalue weighted by Crippen LogP contribution is 2.17. The summed E-state index contributed by atoms with van der Waals surface area (Å²) in [5, 5.41) is 10.9. The maximum absolute atomic E-state index is 11.6. The number of nitro benzene ring substituents is 1. The molecule has 0 spiro atoms. The number of aromatic nitrogens is 2. The van der Waals surface area contributed by atoms with Crippen LogP contribution >= 0.6 is 0 Å². The first-order valence-electron chi connectivity index (χ1n) is 5.51. The molecule has 7 heteroatoms. The summed E-state index contributed by atoms with van der Waals surface area (Å²) in [7, 11) is 0. The van der Waals surface area contributed by atoms with Crippen LogP contribution in [0.3, 0.4) is 0 Å². The van der Waals surface area contributed by atoms with Crippen molar-refractivity contribution in [3.8, 4) is 0 Å². The number of nitrogens with one attached hydrogen (secondary N) is 1. The lowest BCUT2D eigenvalue weighted by molar-refractivity contribution is -0.385. The number of para-hydroxylation sites is 1. The molecule has 0 aliphatic rings. The zero-order chi connectivity index (χ0) is 14.0. The molecule has 2 rings (SSSR count). The SMILES string of the molecule is Cc1cn(Cc2ccccc2[N+](=O)[O-])c(=O)[nH]c1=O. The number of aromatic amines is 1. The van der Waals surface area contributed by atoms with Gasteiger partial charge in [0.1, 0.15) is 0 Å². The molecular weight excluding hydrogens is 250 g/mol. The van der Waals surface area contributed by atoms with Gasteiger partial charge in [-0.2, -0.15) is 0 Å². The van der Waals surface area contributed by atoms with E-state index in [0.717, 1.165) is 0 Å². The van der Waals surface area contributed by atoms with E-state index in [1.54, 1.807) is 25.1 Å². The monoisotopic (exact) mass is 261 g/mol. The standard InChI is InChI=1S/C12H11N3O4/c1-8-6-14(12(17)13-11(8)16)7-9-4-2-3-5-10(9)15(18)19/h2-6H,7H2,1H3,(H,13,16,17). The van der Waals surface area contributed by atoms with Gasteiger partial charge in [0.2, 0.25) is 0 Å². The number of rotatable bonds is 3. The quantitative estimate of drug-likeness (QED) is 0.652. The molecule has 0 aliphatic heterocycles. The first kappa shape index (κ1) is 12.7. The van der Waals surface area contributed by atoms with Gasteiger partial charge in [0, 0.05) is 23.4 Å². The summed E-state index contributed by atoms with van der Waals surface area (Å²) in [5.41, 5.74) is -0.324. The molecule has 1 N–H and O–H groups in total. The first-order chi connectivity index (χ1) is 8.99. The number of aryl methyl sites for hydroxylation is 1. The Morgan fingerprint density at radius 1 is 1.32 bits per heavy atom. The Balaban J connectivity index is 2.48. The van der Waals surface area contributed by atoms with Gasteiger partial charge in [-0.3, -0.25) is 24.5 Å². The summed E-state index contributed by atoms with van der Waals surface area (Å²) in [4.78, 5) is 35.4. The van der Waals surface area contributed by atoms with Crippen molar-refractivity contribution in [3.05, 3.63) is 72.5 Å². The Morgan fingerprint density at radius 3 is 2.68 bits per heavy atom. The number of nitro groups is 1. The number of H-pyrrole nitrogens is 1. The van der Waals surface area contributed by atoms with Gasteiger partial charge in [-0.25, -0.2) is 4.79 Å². The second-order valence-corrected chi connectivity index (χ2v) is 4.09. The maximum Gasteiger partial charge on any atom is 0.328 e. The van der Waals surface area contributed by atoms with Crippen LogP contribution in [0.5, 0.6) is 0 Å². The summed E-state index contributed by atoms with van der Waals surface area (Å²) < 4.78 is 1.24. The first-order valence-corrected chi connectivity index (χ1v) is 5.51. The van der Waals surface area contributed by atoms with Gasteiger partial charge in [0.25, 0.3) is 11.2 Å². The van der Waals surface area contributed by atoms with Crippen molar-refractivity contribution in [2.24, 2.45) is 0 Å². The predicted octanol–water partition coefficient (Wildman–Crippen LogP) is 0.802. The smallest absolute Gasteiger partial charge is 0.296 e. The fraction of sp³-hybridized carbons (Fsp3) is 0.167. The highest BCUT2D eigenvalue weighted by Gasteiger charge is 2.13. The van der Waals surface area contributed by atoms with Crippen LogP contribution in [-0.2, 0) is 6.54 Å². The van der Waals surface area contributed by atoms with Crippen LogP contribution in [0.4, 0.5) is 5.69 Å². The van der Waals surface area contributed by atoms with Gasteiger partial charge in [-0.15, -0.1) is 0 Å². The minimum Gasteiger partial charge on any atom is -0.296 e. The van der Waals surface area contributed by atoms with E-state index in [2.05, 4.69) is 4.98 Å². The number of hydrogen-bond acceptors (Lipinski definition) is 4. The van der Waals surface area contributed by atoms with Crippen LogP contribution in [0.15, 0.2) is 40.1 Å². The summed E-state index contributed by atoms with van der Waals surface area (Å²) in [6.45, 7) is 1.60. The highest BCUT2D eigenvalue weighted by molar-refractivity contribution is 5.39. The van der Waals surface area contributed by atoms with Crippen LogP contribution in [0.25, 0.3) is 0 Å². The molecule has 0 bridgehead atoms. The molecule has 19 heavy (non-hydrogen) atoms. The van der Waals surface area contributed by atoms with Crippen molar-refractivity contribution in [2.75, 3.05) is 0 Å². The fourth-order valence-electron chi connectivity index (χ4n) is 1.74. The van der Waals surface area contributed by atoms with E-state index in [0.29, 0.717) is 11.1 Å². The van der Waals surface area contributed by atoms with E-state index < -0.39 is 16.2 Å². The van der Waals surface area contributed by atoms with Crippen molar-refractivity contribution in [2.45, 2.75) is 13.5 Å². The Bertz CT molecular complexity index is 745. The number of hydrogen-bond donors (Lipinski definition) is 1. The molecule has 0 aliphatic carbocycles. The summed E-state index contributed by atoms with van der Waals surface area (Å²) >= 11 is 0. The molecule has 0 atom stereocenters. The lowest BCUT2D eigenvalue weighted by Gasteiger charge is -2.06. The zero-order valence-electron chi connectivity index (χ0n) is 10.1. The molecule has 98 valence electrons. The third-order valence-corrected chi connectivity index (χ3v) is 2.72. The third kappa shape index (κ3) is 2.59. The van der Waals surface area contributed by atoms with E-state index in [-0.39, 0.29) is 12.2 Å². The Kier molecular flexibility index (Phi) is 3.28. The van der Waals surface area contributed by atoms with Gasteiger partial charge >= 0.3 is 5.69 Å². The van der Waals surface area contributed by atoms with Crippen molar-refractivity contribution in [1.29, 1.82) is 0 Å². The zero-order valence-corrected chi connectivity index (χ0v) is 10.1. The van der Waals surface area contributed by atoms with Crippen LogP contribution in [0.1, 0.15) is 11.1 Å². The summed E-state index contributed by atoms with van der Waals surface area (Å²) in [6, 6.07) is 6.17. The van der Waals surface area contributed by atoms with Gasteiger partial charge in [-0.1, -0.05) is 18.2 Å². The van der Waals surface area contributed by atoms with E-state index in [9.17, 15) is 19.7 Å². The number of benzene rings is 1. The fourth-order valence-corrected chi connectivity index (χ4v) is 1.74. The lowest BCUT2D eigenvalue weighted by atomic mass is 10.2. The molecule has 1 aromatic heterocycles. The molecule has 0 radical (unpaired) electrons. The minimum absolute atomic E-state index is 0.0353. The number of nitrogens with zero attached hydrogens (tertiary/aromatic N) is 2. The Hall–Kier alpha value is -2.70. The molecule has 1 aromatic carbocycles. The lowest BCUT2D eigenvalue weighted by Crippen LogP contribution is -2.31. The normalized spacial score (nSPS) is 10.4. The highest BCUT2D eigenvalue weighted by atomic mass is 16.6. The van der Waals surface area contributed by atoms with Crippen molar-refractivity contribution >= 4 is 5.69 Å². The van der Waals surface area contributed by atoms with Crippen LogP contribution in [0.2, 0.25) is 0 Å². The maximum atomic E-state index is 11.6. The molecule has 0 saturated heterocycles. The molecular formula is C12H11N3O4. The summed E-state index contributed by atoms with van der Waals surface area (Å²) in [5.74, 6) is 0. The third-order valence-electron chi connectivity index (χ3n) is 2.72. The van der Waals surface area contributed by atoms with Gasteiger partial charge in [0.15, 0.2) is 0 Å².